The third kappa shape index (κ3) is 3.48. The van der Waals surface area contributed by atoms with Gasteiger partial charge in [0.05, 0.1) is 6.61 Å². The lowest BCUT2D eigenvalue weighted by Gasteiger charge is -2.35. The number of hydrogen-bond acceptors (Lipinski definition) is 7. The molecule has 1 fully saturated rings. The first-order valence-electron chi connectivity index (χ1n) is 7.37. The predicted molar refractivity (Wildman–Crippen MR) is 88.0 cm³/mol. The van der Waals surface area contributed by atoms with Crippen molar-refractivity contribution in [1.82, 2.24) is 9.36 Å². The number of anilines is 2. The Bertz CT molecular complexity index is 611. The van der Waals surface area contributed by atoms with Gasteiger partial charge in [0.1, 0.15) is 11.6 Å². The smallest absolute Gasteiger partial charge is 0.205 e. The molecular formula is C15H20N4O2S. The molecule has 118 valence electrons. The number of ether oxygens (including phenoxy) is 1. The highest BCUT2D eigenvalue weighted by Crippen LogP contribution is 2.24. The number of benzene rings is 1. The molecule has 7 heteroatoms. The van der Waals surface area contributed by atoms with Gasteiger partial charge in [-0.1, -0.05) is 6.07 Å². The minimum Gasteiger partial charge on any atom is -0.508 e. The van der Waals surface area contributed by atoms with Gasteiger partial charge >= 0.3 is 0 Å². The molecule has 0 unspecified atom stereocenters. The van der Waals surface area contributed by atoms with Crippen LogP contribution in [-0.4, -0.2) is 54.4 Å². The zero-order valence-electron chi connectivity index (χ0n) is 12.6. The second-order valence-electron chi connectivity index (χ2n) is 5.23. The summed E-state index contributed by atoms with van der Waals surface area (Å²) in [4.78, 5) is 9.13. The van der Waals surface area contributed by atoms with Gasteiger partial charge in [0, 0.05) is 63.0 Å². The van der Waals surface area contributed by atoms with E-state index in [2.05, 4.69) is 19.2 Å². The van der Waals surface area contributed by atoms with E-state index < -0.39 is 0 Å². The Labute approximate surface area is 134 Å². The molecule has 0 aliphatic carbocycles. The normalized spacial score (nSPS) is 15.3. The quantitative estimate of drug-likeness (QED) is 0.906. The summed E-state index contributed by atoms with van der Waals surface area (Å²) in [5, 5.41) is 10.6. The fraction of sp³-hybridized carbons (Fsp3) is 0.467. The van der Waals surface area contributed by atoms with Crippen LogP contribution in [0, 0.1) is 0 Å². The lowest BCUT2D eigenvalue weighted by atomic mass is 10.2. The summed E-state index contributed by atoms with van der Waals surface area (Å²) in [5.41, 5.74) is 1.07. The van der Waals surface area contributed by atoms with Gasteiger partial charge in [-0.3, -0.25) is 0 Å². The first-order valence-corrected chi connectivity index (χ1v) is 8.14. The minimum absolute atomic E-state index is 0.312. The number of aromatic hydroxyl groups is 1. The number of rotatable bonds is 5. The van der Waals surface area contributed by atoms with Crippen LogP contribution in [-0.2, 0) is 11.2 Å². The maximum Gasteiger partial charge on any atom is 0.205 e. The Morgan fingerprint density at radius 1 is 1.23 bits per heavy atom. The molecular weight excluding hydrogens is 300 g/mol. The van der Waals surface area contributed by atoms with Crippen molar-refractivity contribution in [2.24, 2.45) is 0 Å². The summed E-state index contributed by atoms with van der Waals surface area (Å²) in [5.74, 6) is 1.17. The number of piperazine rings is 1. The molecule has 0 atom stereocenters. The standard InChI is InChI=1S/C15H20N4O2S/c1-21-10-5-14-16-15(22-17-14)19-8-6-18(7-9-19)12-3-2-4-13(20)11-12/h2-4,11,20H,5-10H2,1H3. The molecule has 0 bridgehead atoms. The van der Waals surface area contributed by atoms with Crippen LogP contribution in [0.2, 0.25) is 0 Å². The second-order valence-corrected chi connectivity index (χ2v) is 5.96. The van der Waals surface area contributed by atoms with Crippen LogP contribution >= 0.6 is 11.5 Å². The van der Waals surface area contributed by atoms with Crippen LogP contribution in [0.3, 0.4) is 0 Å². The Hall–Kier alpha value is -1.86. The summed E-state index contributed by atoms with van der Waals surface area (Å²) in [7, 11) is 1.69. The van der Waals surface area contributed by atoms with Gasteiger partial charge in [-0.2, -0.15) is 4.37 Å². The average Bonchev–Trinajstić information content (AvgIpc) is 3.02. The Balaban J connectivity index is 1.58. The first kappa shape index (κ1) is 15.1. The van der Waals surface area contributed by atoms with E-state index in [0.717, 1.165) is 49.2 Å². The van der Waals surface area contributed by atoms with Crippen LogP contribution in [0.15, 0.2) is 24.3 Å². The highest BCUT2D eigenvalue weighted by atomic mass is 32.1. The molecule has 3 rings (SSSR count). The van der Waals surface area contributed by atoms with E-state index in [0.29, 0.717) is 12.4 Å². The van der Waals surface area contributed by atoms with E-state index in [1.165, 1.54) is 11.5 Å². The minimum atomic E-state index is 0.312. The maximum absolute atomic E-state index is 9.58. The molecule has 2 heterocycles. The van der Waals surface area contributed by atoms with E-state index in [9.17, 15) is 5.11 Å². The largest absolute Gasteiger partial charge is 0.508 e. The van der Waals surface area contributed by atoms with E-state index in [-0.39, 0.29) is 0 Å². The monoisotopic (exact) mass is 320 g/mol. The molecule has 1 aromatic carbocycles. The number of phenols is 1. The molecule has 0 saturated carbocycles. The zero-order chi connectivity index (χ0) is 15.4. The highest BCUT2D eigenvalue weighted by molar-refractivity contribution is 7.09. The number of methoxy groups -OCH3 is 1. The number of nitrogens with zero attached hydrogens (tertiary/aromatic N) is 4. The van der Waals surface area contributed by atoms with Gasteiger partial charge in [-0.05, 0) is 12.1 Å². The van der Waals surface area contributed by atoms with Crippen molar-refractivity contribution in [1.29, 1.82) is 0 Å². The topological polar surface area (TPSA) is 61.7 Å². The molecule has 22 heavy (non-hydrogen) atoms. The van der Waals surface area contributed by atoms with Gasteiger partial charge < -0.3 is 19.6 Å². The van der Waals surface area contributed by atoms with Crippen LogP contribution in [0.5, 0.6) is 5.75 Å². The Morgan fingerprint density at radius 2 is 2.00 bits per heavy atom. The van der Waals surface area contributed by atoms with Crippen molar-refractivity contribution in [2.45, 2.75) is 6.42 Å². The van der Waals surface area contributed by atoms with Crippen molar-refractivity contribution in [3.63, 3.8) is 0 Å². The molecule has 0 radical (unpaired) electrons. The SMILES string of the molecule is COCCc1nsc(N2CCN(c3cccc(O)c3)CC2)n1. The molecule has 1 aliphatic rings. The lowest BCUT2D eigenvalue weighted by molar-refractivity contribution is 0.201. The van der Waals surface area contributed by atoms with E-state index in [1.807, 2.05) is 18.2 Å². The van der Waals surface area contributed by atoms with Crippen LogP contribution in [0.25, 0.3) is 0 Å². The van der Waals surface area contributed by atoms with Gasteiger partial charge in [0.15, 0.2) is 0 Å². The maximum atomic E-state index is 9.58. The number of hydrogen-bond donors (Lipinski definition) is 1. The van der Waals surface area contributed by atoms with Crippen LogP contribution in [0.1, 0.15) is 5.82 Å². The first-order chi connectivity index (χ1) is 10.8. The molecule has 1 aromatic heterocycles. The van der Waals surface area contributed by atoms with E-state index >= 15 is 0 Å². The predicted octanol–water partition coefficient (Wildman–Crippen LogP) is 1.76. The van der Waals surface area contributed by atoms with Crippen LogP contribution in [0.4, 0.5) is 10.8 Å². The molecule has 0 amide bonds. The molecule has 1 saturated heterocycles. The van der Waals surface area contributed by atoms with Crippen molar-refractivity contribution in [3.8, 4) is 5.75 Å². The molecule has 6 nitrogen and oxygen atoms in total. The van der Waals surface area contributed by atoms with Crippen molar-refractivity contribution in [3.05, 3.63) is 30.1 Å². The van der Waals surface area contributed by atoms with Crippen molar-refractivity contribution < 1.29 is 9.84 Å². The molecule has 1 aliphatic heterocycles. The lowest BCUT2D eigenvalue weighted by Crippen LogP contribution is -2.46. The fourth-order valence-electron chi connectivity index (χ4n) is 2.51. The van der Waals surface area contributed by atoms with Gasteiger partial charge in [-0.15, -0.1) is 0 Å². The summed E-state index contributed by atoms with van der Waals surface area (Å²) < 4.78 is 9.44. The number of phenolic OH excluding ortho intramolecular Hbond substituents is 1. The highest BCUT2D eigenvalue weighted by Gasteiger charge is 2.20. The fourth-order valence-corrected chi connectivity index (χ4v) is 3.28. The molecule has 2 aromatic rings. The van der Waals surface area contributed by atoms with Gasteiger partial charge in [0.25, 0.3) is 0 Å². The third-order valence-corrected chi connectivity index (χ3v) is 4.55. The zero-order valence-corrected chi connectivity index (χ0v) is 13.4. The molecule has 1 N–H and O–H groups in total. The Morgan fingerprint density at radius 3 is 2.73 bits per heavy atom. The third-order valence-electron chi connectivity index (χ3n) is 3.73. The summed E-state index contributed by atoms with van der Waals surface area (Å²) in [6, 6.07) is 7.42. The molecule has 0 spiro atoms. The van der Waals surface area contributed by atoms with Crippen molar-refractivity contribution >= 4 is 22.4 Å². The van der Waals surface area contributed by atoms with Gasteiger partial charge in [0.2, 0.25) is 5.13 Å². The van der Waals surface area contributed by atoms with Crippen LogP contribution < -0.4 is 9.80 Å². The average molecular weight is 320 g/mol. The van der Waals surface area contributed by atoms with Crippen molar-refractivity contribution in [2.75, 3.05) is 49.7 Å². The second kappa shape index (κ2) is 6.93. The Kier molecular flexibility index (Phi) is 4.74. The summed E-state index contributed by atoms with van der Waals surface area (Å²) in [6.07, 6.45) is 0.760. The van der Waals surface area contributed by atoms with E-state index in [4.69, 9.17) is 4.74 Å². The number of aromatic nitrogens is 2. The van der Waals surface area contributed by atoms with E-state index in [1.54, 1.807) is 13.2 Å². The van der Waals surface area contributed by atoms with Gasteiger partial charge in [-0.25, -0.2) is 4.98 Å². The summed E-state index contributed by atoms with van der Waals surface area (Å²) >= 11 is 1.46. The summed E-state index contributed by atoms with van der Waals surface area (Å²) in [6.45, 7) is 4.30.